The topological polar surface area (TPSA) is 52.6 Å². The van der Waals surface area contributed by atoms with Crippen molar-refractivity contribution in [2.75, 3.05) is 0 Å². The van der Waals surface area contributed by atoms with E-state index in [0.29, 0.717) is 0 Å². The maximum Gasteiger partial charge on any atom is 0.348 e. The van der Waals surface area contributed by atoms with Crippen LogP contribution in [0, 0.1) is 5.92 Å². The molecular formula is C12H12O4. The van der Waals surface area contributed by atoms with Gasteiger partial charge in [-0.3, -0.25) is 4.79 Å². The normalized spacial score (nSPS) is 23.2. The number of esters is 2. The molecule has 0 radical (unpaired) electrons. The summed E-state index contributed by atoms with van der Waals surface area (Å²) in [6.07, 6.45) is -0.726. The summed E-state index contributed by atoms with van der Waals surface area (Å²) < 4.78 is 9.72. The zero-order chi connectivity index (χ0) is 11.5. The molecule has 2 atom stereocenters. The largest absolute Gasteiger partial charge is 0.458 e. The molecule has 1 aliphatic heterocycles. The van der Waals surface area contributed by atoms with Gasteiger partial charge in [-0.05, 0) is 12.5 Å². The highest BCUT2D eigenvalue weighted by Crippen LogP contribution is 2.22. The Labute approximate surface area is 93.2 Å². The summed E-state index contributed by atoms with van der Waals surface area (Å²) in [5.41, 5.74) is 0.911. The molecule has 0 bridgehead atoms. The molecule has 0 amide bonds. The van der Waals surface area contributed by atoms with Crippen LogP contribution in [0.4, 0.5) is 0 Å². The van der Waals surface area contributed by atoms with Gasteiger partial charge in [0.05, 0.1) is 0 Å². The maximum absolute atomic E-state index is 11.5. The molecule has 1 heterocycles. The highest BCUT2D eigenvalue weighted by molar-refractivity contribution is 5.91. The molecule has 1 fully saturated rings. The molecule has 2 rings (SSSR count). The standard InChI is InChI=1S/C12H12O4/c1-8-10(16-11(8)13)12(14)15-7-9-5-3-2-4-6-9/h2-6,8,10H,7H2,1H3/t8-,10+/m0/s1. The molecule has 0 unspecified atom stereocenters. The predicted octanol–water partition coefficient (Wildman–Crippen LogP) is 1.29. The fourth-order valence-corrected chi connectivity index (χ4v) is 1.45. The monoisotopic (exact) mass is 220 g/mol. The Morgan fingerprint density at radius 3 is 2.62 bits per heavy atom. The molecule has 4 nitrogen and oxygen atoms in total. The zero-order valence-corrected chi connectivity index (χ0v) is 8.88. The number of benzene rings is 1. The summed E-state index contributed by atoms with van der Waals surface area (Å²) in [5, 5.41) is 0. The molecule has 84 valence electrons. The van der Waals surface area contributed by atoms with Crippen molar-refractivity contribution in [3.8, 4) is 0 Å². The van der Waals surface area contributed by atoms with E-state index in [-0.39, 0.29) is 18.5 Å². The molecule has 0 N–H and O–H groups in total. The van der Waals surface area contributed by atoms with Gasteiger partial charge in [-0.25, -0.2) is 4.79 Å². The van der Waals surface area contributed by atoms with Gasteiger partial charge in [0, 0.05) is 0 Å². The summed E-state index contributed by atoms with van der Waals surface area (Å²) in [7, 11) is 0. The molecule has 1 saturated heterocycles. The van der Waals surface area contributed by atoms with Crippen LogP contribution in [0.25, 0.3) is 0 Å². The first-order chi connectivity index (χ1) is 7.68. The minimum Gasteiger partial charge on any atom is -0.458 e. The second-order valence-corrected chi connectivity index (χ2v) is 3.74. The number of hydrogen-bond donors (Lipinski definition) is 0. The Morgan fingerprint density at radius 2 is 2.06 bits per heavy atom. The molecule has 1 aromatic carbocycles. The smallest absolute Gasteiger partial charge is 0.348 e. The number of rotatable bonds is 3. The first kappa shape index (κ1) is 10.7. The van der Waals surface area contributed by atoms with E-state index in [2.05, 4.69) is 4.74 Å². The summed E-state index contributed by atoms with van der Waals surface area (Å²) in [5.74, 6) is -1.21. The number of carbonyl (C=O) groups excluding carboxylic acids is 2. The first-order valence-corrected chi connectivity index (χ1v) is 5.09. The Balaban J connectivity index is 1.83. The highest BCUT2D eigenvalue weighted by atomic mass is 16.6. The van der Waals surface area contributed by atoms with Crippen LogP contribution in [0.15, 0.2) is 30.3 Å². The van der Waals surface area contributed by atoms with Gasteiger partial charge in [0.2, 0.25) is 6.10 Å². The second kappa shape index (κ2) is 4.35. The summed E-state index contributed by atoms with van der Waals surface area (Å²) in [6, 6.07) is 9.36. The molecule has 1 aliphatic rings. The van der Waals surface area contributed by atoms with Crippen molar-refractivity contribution in [1.82, 2.24) is 0 Å². The van der Waals surface area contributed by atoms with Gasteiger partial charge >= 0.3 is 11.9 Å². The van der Waals surface area contributed by atoms with E-state index >= 15 is 0 Å². The Kier molecular flexibility index (Phi) is 2.90. The van der Waals surface area contributed by atoms with Crippen LogP contribution in [0.2, 0.25) is 0 Å². The van der Waals surface area contributed by atoms with Crippen molar-refractivity contribution in [1.29, 1.82) is 0 Å². The Bertz CT molecular complexity index is 399. The van der Waals surface area contributed by atoms with Gasteiger partial charge in [0.1, 0.15) is 12.5 Å². The van der Waals surface area contributed by atoms with E-state index in [9.17, 15) is 9.59 Å². The van der Waals surface area contributed by atoms with Gasteiger partial charge < -0.3 is 9.47 Å². The lowest BCUT2D eigenvalue weighted by molar-refractivity contribution is -0.197. The minimum absolute atomic E-state index is 0.209. The molecule has 0 saturated carbocycles. The summed E-state index contributed by atoms with van der Waals surface area (Å²) in [6.45, 7) is 1.86. The van der Waals surface area contributed by atoms with E-state index < -0.39 is 12.1 Å². The van der Waals surface area contributed by atoms with E-state index in [1.54, 1.807) is 6.92 Å². The first-order valence-electron chi connectivity index (χ1n) is 5.09. The van der Waals surface area contributed by atoms with Crippen LogP contribution in [-0.4, -0.2) is 18.0 Å². The van der Waals surface area contributed by atoms with E-state index in [4.69, 9.17) is 4.74 Å². The van der Waals surface area contributed by atoms with Gasteiger partial charge in [-0.2, -0.15) is 0 Å². The average Bonchev–Trinajstić information content (AvgIpc) is 2.33. The van der Waals surface area contributed by atoms with Crippen LogP contribution in [-0.2, 0) is 25.7 Å². The number of hydrogen-bond acceptors (Lipinski definition) is 4. The quantitative estimate of drug-likeness (QED) is 0.720. The van der Waals surface area contributed by atoms with E-state index in [1.165, 1.54) is 0 Å². The van der Waals surface area contributed by atoms with Crippen LogP contribution < -0.4 is 0 Å². The van der Waals surface area contributed by atoms with Gasteiger partial charge in [-0.15, -0.1) is 0 Å². The SMILES string of the molecule is C[C@@H]1C(=O)O[C@H]1C(=O)OCc1ccccc1. The van der Waals surface area contributed by atoms with Crippen molar-refractivity contribution >= 4 is 11.9 Å². The van der Waals surface area contributed by atoms with Gasteiger partial charge in [-0.1, -0.05) is 30.3 Å². The third kappa shape index (κ3) is 2.05. The molecule has 0 aliphatic carbocycles. The number of carbonyl (C=O) groups is 2. The maximum atomic E-state index is 11.5. The van der Waals surface area contributed by atoms with Crippen molar-refractivity contribution in [2.24, 2.45) is 5.92 Å². The molecule has 16 heavy (non-hydrogen) atoms. The zero-order valence-electron chi connectivity index (χ0n) is 8.88. The van der Waals surface area contributed by atoms with Crippen LogP contribution in [0.5, 0.6) is 0 Å². The molecule has 0 spiro atoms. The van der Waals surface area contributed by atoms with Gasteiger partial charge in [0.25, 0.3) is 0 Å². The van der Waals surface area contributed by atoms with Crippen molar-refractivity contribution in [3.05, 3.63) is 35.9 Å². The van der Waals surface area contributed by atoms with Crippen LogP contribution >= 0.6 is 0 Å². The Morgan fingerprint density at radius 1 is 1.38 bits per heavy atom. The lowest BCUT2D eigenvalue weighted by atomic mass is 10.00. The molecule has 4 heteroatoms. The van der Waals surface area contributed by atoms with Crippen molar-refractivity contribution in [2.45, 2.75) is 19.6 Å². The molecule has 1 aromatic rings. The third-order valence-corrected chi connectivity index (χ3v) is 2.53. The number of cyclic esters (lactones) is 1. The van der Waals surface area contributed by atoms with E-state index in [0.717, 1.165) is 5.56 Å². The van der Waals surface area contributed by atoms with Crippen molar-refractivity contribution in [3.63, 3.8) is 0 Å². The predicted molar refractivity (Wildman–Crippen MR) is 55.3 cm³/mol. The Hall–Kier alpha value is -1.84. The van der Waals surface area contributed by atoms with Crippen LogP contribution in [0.1, 0.15) is 12.5 Å². The average molecular weight is 220 g/mol. The van der Waals surface area contributed by atoms with Gasteiger partial charge in [0.15, 0.2) is 0 Å². The fourth-order valence-electron chi connectivity index (χ4n) is 1.45. The lowest BCUT2D eigenvalue weighted by Gasteiger charge is -2.30. The lowest BCUT2D eigenvalue weighted by Crippen LogP contribution is -2.49. The summed E-state index contributed by atoms with van der Waals surface area (Å²) >= 11 is 0. The minimum atomic E-state index is -0.726. The third-order valence-electron chi connectivity index (χ3n) is 2.53. The van der Waals surface area contributed by atoms with Crippen LogP contribution in [0.3, 0.4) is 0 Å². The second-order valence-electron chi connectivity index (χ2n) is 3.74. The van der Waals surface area contributed by atoms with E-state index in [1.807, 2.05) is 30.3 Å². The molecule has 0 aromatic heterocycles. The number of ether oxygens (including phenoxy) is 2. The molecular weight excluding hydrogens is 208 g/mol. The highest BCUT2D eigenvalue weighted by Gasteiger charge is 2.45. The summed E-state index contributed by atoms with van der Waals surface area (Å²) in [4.78, 5) is 22.2. The fraction of sp³-hybridized carbons (Fsp3) is 0.333. The van der Waals surface area contributed by atoms with Crippen molar-refractivity contribution < 1.29 is 19.1 Å².